The number of nitrogens with zero attached hydrogens (tertiary/aromatic N) is 1. The molecule has 0 aromatic carbocycles. The number of hydrogen-bond donors (Lipinski definition) is 0. The summed E-state index contributed by atoms with van der Waals surface area (Å²) in [5.74, 6) is 0. The first kappa shape index (κ1) is 8.67. The molecule has 0 fully saturated rings. The highest BCUT2D eigenvalue weighted by Gasteiger charge is 1.78. The van der Waals surface area contributed by atoms with Crippen LogP contribution in [0.2, 0.25) is 0 Å². The molecule has 0 heterocycles. The van der Waals surface area contributed by atoms with Crippen LogP contribution in [0.15, 0.2) is 4.99 Å². The van der Waals surface area contributed by atoms with Crippen molar-refractivity contribution in [3.8, 4) is 0 Å². The van der Waals surface area contributed by atoms with E-state index in [1.54, 1.807) is 0 Å². The molecule has 0 atom stereocenters. The van der Waals surface area contributed by atoms with Gasteiger partial charge in [0.05, 0.1) is 6.21 Å². The summed E-state index contributed by atoms with van der Waals surface area (Å²) in [6.45, 7) is 5.26. The summed E-state index contributed by atoms with van der Waals surface area (Å²) < 4.78 is 0. The second-order valence-electron chi connectivity index (χ2n) is 2.14. The van der Waals surface area contributed by atoms with Crippen molar-refractivity contribution in [2.24, 2.45) is 4.99 Å². The van der Waals surface area contributed by atoms with Gasteiger partial charge in [0.25, 0.3) is 0 Å². The zero-order valence-corrected chi connectivity index (χ0v) is 6.48. The van der Waals surface area contributed by atoms with Gasteiger partial charge in [-0.1, -0.05) is 20.3 Å². The van der Waals surface area contributed by atoms with Crippen LogP contribution in [0, 0.1) is 0 Å². The van der Waals surface area contributed by atoms with Gasteiger partial charge < -0.3 is 0 Å². The highest BCUT2D eigenvalue weighted by Crippen LogP contribution is 1.89. The molecular weight excluding hydrogens is 110 g/mol. The second kappa shape index (κ2) is 7.67. The molecular formula is C8H16N. The Morgan fingerprint density at radius 2 is 2.00 bits per heavy atom. The quantitative estimate of drug-likeness (QED) is 0.396. The van der Waals surface area contributed by atoms with E-state index in [0.717, 1.165) is 19.4 Å². The maximum Gasteiger partial charge on any atom is 0.0558 e. The monoisotopic (exact) mass is 126 g/mol. The second-order valence-corrected chi connectivity index (χ2v) is 2.14. The smallest absolute Gasteiger partial charge is 0.0558 e. The zero-order valence-electron chi connectivity index (χ0n) is 6.48. The van der Waals surface area contributed by atoms with Gasteiger partial charge in [-0.05, 0) is 19.3 Å². The lowest BCUT2D eigenvalue weighted by atomic mass is 10.3. The standard InChI is InChI=1S/C8H16N/c1-3-5-6-8-9-7-4-2/h3-7H2,1-2H3. The fourth-order valence-electron chi connectivity index (χ4n) is 0.526. The third kappa shape index (κ3) is 7.67. The van der Waals surface area contributed by atoms with Crippen molar-refractivity contribution >= 4 is 6.21 Å². The van der Waals surface area contributed by atoms with Crippen LogP contribution in [-0.2, 0) is 0 Å². The first-order valence-corrected chi connectivity index (χ1v) is 3.81. The first-order chi connectivity index (χ1) is 4.41. The van der Waals surface area contributed by atoms with Crippen LogP contribution in [-0.4, -0.2) is 12.8 Å². The molecule has 1 heteroatoms. The normalized spacial score (nSPS) is 10.9. The van der Waals surface area contributed by atoms with E-state index in [0.29, 0.717) is 0 Å². The van der Waals surface area contributed by atoms with E-state index in [4.69, 9.17) is 0 Å². The van der Waals surface area contributed by atoms with E-state index in [1.165, 1.54) is 12.8 Å². The third-order valence-electron chi connectivity index (χ3n) is 1.09. The number of hydrogen-bond acceptors (Lipinski definition) is 1. The van der Waals surface area contributed by atoms with Crippen LogP contribution in [0.25, 0.3) is 0 Å². The molecule has 0 bridgehead atoms. The average Bonchev–Trinajstić information content (AvgIpc) is 1.89. The van der Waals surface area contributed by atoms with Crippen molar-refractivity contribution in [3.63, 3.8) is 0 Å². The highest BCUT2D eigenvalue weighted by atomic mass is 14.7. The van der Waals surface area contributed by atoms with E-state index < -0.39 is 0 Å². The Morgan fingerprint density at radius 3 is 2.56 bits per heavy atom. The van der Waals surface area contributed by atoms with Gasteiger partial charge in [0.15, 0.2) is 0 Å². The molecule has 0 saturated heterocycles. The largest absolute Gasteiger partial charge is 0.288 e. The summed E-state index contributed by atoms with van der Waals surface area (Å²) in [6, 6.07) is 0. The van der Waals surface area contributed by atoms with E-state index in [-0.39, 0.29) is 0 Å². The topological polar surface area (TPSA) is 12.4 Å². The Balaban J connectivity index is 2.86. The Bertz CT molecular complexity index is 67.0. The van der Waals surface area contributed by atoms with E-state index >= 15 is 0 Å². The molecule has 0 amide bonds. The summed E-state index contributed by atoms with van der Waals surface area (Å²) in [6.07, 6.45) is 7.66. The van der Waals surface area contributed by atoms with E-state index in [9.17, 15) is 0 Å². The third-order valence-corrected chi connectivity index (χ3v) is 1.09. The van der Waals surface area contributed by atoms with Crippen molar-refractivity contribution in [1.82, 2.24) is 0 Å². The summed E-state index contributed by atoms with van der Waals surface area (Å²) in [5.41, 5.74) is 0. The molecule has 1 radical (unpaired) electrons. The van der Waals surface area contributed by atoms with Gasteiger partial charge in [-0.3, -0.25) is 4.99 Å². The van der Waals surface area contributed by atoms with Crippen LogP contribution in [0.3, 0.4) is 0 Å². The van der Waals surface area contributed by atoms with Crippen LogP contribution in [0.1, 0.15) is 39.5 Å². The predicted octanol–water partition coefficient (Wildman–Crippen LogP) is 2.53. The number of rotatable bonds is 5. The minimum Gasteiger partial charge on any atom is -0.288 e. The van der Waals surface area contributed by atoms with Crippen LogP contribution in [0.5, 0.6) is 0 Å². The molecule has 9 heavy (non-hydrogen) atoms. The average molecular weight is 126 g/mol. The molecule has 0 saturated carbocycles. The van der Waals surface area contributed by atoms with Gasteiger partial charge in [0.1, 0.15) is 0 Å². The summed E-state index contributed by atoms with van der Waals surface area (Å²) in [5, 5.41) is 0. The molecule has 1 nitrogen and oxygen atoms in total. The van der Waals surface area contributed by atoms with Crippen LogP contribution < -0.4 is 0 Å². The van der Waals surface area contributed by atoms with Crippen molar-refractivity contribution in [3.05, 3.63) is 0 Å². The minimum absolute atomic E-state index is 0.948. The van der Waals surface area contributed by atoms with Gasteiger partial charge in [0.2, 0.25) is 0 Å². The minimum atomic E-state index is 0.948. The molecule has 0 spiro atoms. The first-order valence-electron chi connectivity index (χ1n) is 3.81. The Kier molecular flexibility index (Phi) is 7.39. The maximum absolute atomic E-state index is 4.08. The van der Waals surface area contributed by atoms with Crippen LogP contribution in [0.4, 0.5) is 0 Å². The lowest BCUT2D eigenvalue weighted by Crippen LogP contribution is -1.78. The summed E-state index contributed by atoms with van der Waals surface area (Å²) >= 11 is 0. The Labute approximate surface area is 58.2 Å². The molecule has 53 valence electrons. The summed E-state index contributed by atoms with van der Waals surface area (Å²) in [4.78, 5) is 4.08. The van der Waals surface area contributed by atoms with Crippen molar-refractivity contribution in [1.29, 1.82) is 0 Å². The maximum atomic E-state index is 4.08. The number of unbranched alkanes of at least 4 members (excludes halogenated alkanes) is 2. The summed E-state index contributed by atoms with van der Waals surface area (Å²) in [7, 11) is 0. The molecule has 0 rings (SSSR count). The fourth-order valence-corrected chi connectivity index (χ4v) is 0.526. The lowest BCUT2D eigenvalue weighted by Gasteiger charge is -1.86. The fraction of sp³-hybridized carbons (Fsp3) is 0.875. The van der Waals surface area contributed by atoms with Crippen LogP contribution >= 0.6 is 0 Å². The molecule has 0 aromatic heterocycles. The van der Waals surface area contributed by atoms with Crippen molar-refractivity contribution in [2.75, 3.05) is 6.54 Å². The molecule has 0 aliphatic rings. The van der Waals surface area contributed by atoms with Gasteiger partial charge in [0, 0.05) is 6.54 Å². The van der Waals surface area contributed by atoms with Crippen molar-refractivity contribution in [2.45, 2.75) is 39.5 Å². The van der Waals surface area contributed by atoms with Gasteiger partial charge in [-0.2, -0.15) is 0 Å². The zero-order chi connectivity index (χ0) is 6.95. The molecule has 0 aromatic rings. The van der Waals surface area contributed by atoms with Gasteiger partial charge >= 0.3 is 0 Å². The lowest BCUT2D eigenvalue weighted by molar-refractivity contribution is 0.836. The van der Waals surface area contributed by atoms with Gasteiger partial charge in [-0.15, -0.1) is 0 Å². The highest BCUT2D eigenvalue weighted by molar-refractivity contribution is 5.56. The van der Waals surface area contributed by atoms with E-state index in [1.807, 2.05) is 0 Å². The van der Waals surface area contributed by atoms with Gasteiger partial charge in [-0.25, -0.2) is 0 Å². The molecule has 0 aliphatic heterocycles. The predicted molar refractivity (Wildman–Crippen MR) is 42.1 cm³/mol. The Morgan fingerprint density at radius 1 is 1.22 bits per heavy atom. The van der Waals surface area contributed by atoms with Crippen molar-refractivity contribution < 1.29 is 0 Å². The SMILES string of the molecule is CCCC/[C]=N\CCC. The molecule has 0 N–H and O–H groups in total. The van der Waals surface area contributed by atoms with E-state index in [2.05, 4.69) is 25.1 Å². The molecule has 0 aliphatic carbocycles. The number of aliphatic imine (C=N–C) groups is 1. The Hall–Kier alpha value is -0.330. The molecule has 0 unspecified atom stereocenters.